The van der Waals surface area contributed by atoms with Gasteiger partial charge in [0.2, 0.25) is 0 Å². The minimum absolute atomic E-state index is 0.300. The van der Waals surface area contributed by atoms with Crippen LogP contribution in [0.2, 0.25) is 0 Å². The van der Waals surface area contributed by atoms with Crippen molar-refractivity contribution in [2.45, 2.75) is 24.2 Å². The molecule has 0 amide bonds. The standard InChI is InChI=1S/C24H23N4O2S/c1-31(29,30)21-12-10-18(11-13-21)22-9-6-16-28-24(22)25-23(26-28)19-7-5-8-20(17-19)27-14-3-2-4-15-27/h5-6,8-13,16-17H,2-4,14-15H2,1H3. The van der Waals surface area contributed by atoms with Gasteiger partial charge in [0, 0.05) is 42.4 Å². The Morgan fingerprint density at radius 1 is 1.00 bits per heavy atom. The predicted octanol–water partition coefficient (Wildman–Crippen LogP) is 4.26. The lowest BCUT2D eigenvalue weighted by molar-refractivity contribution is 0.578. The number of fused-ring (bicyclic) bond motifs is 1. The van der Waals surface area contributed by atoms with Crippen molar-refractivity contribution in [3.8, 4) is 22.5 Å². The lowest BCUT2D eigenvalue weighted by atomic mass is 10.1. The van der Waals surface area contributed by atoms with Crippen molar-refractivity contribution in [2.24, 2.45) is 0 Å². The van der Waals surface area contributed by atoms with Crippen molar-refractivity contribution in [1.29, 1.82) is 0 Å². The summed E-state index contributed by atoms with van der Waals surface area (Å²) in [6.07, 6.45) is 6.82. The fourth-order valence-corrected chi connectivity index (χ4v) is 4.69. The molecular weight excluding hydrogens is 408 g/mol. The van der Waals surface area contributed by atoms with Crippen molar-refractivity contribution in [1.82, 2.24) is 14.6 Å². The fraction of sp³-hybridized carbons (Fsp3) is 0.250. The molecule has 2 aromatic heterocycles. The molecular formula is C24H23N4O2S. The van der Waals surface area contributed by atoms with E-state index < -0.39 is 9.84 Å². The molecule has 3 heterocycles. The zero-order chi connectivity index (χ0) is 21.4. The lowest BCUT2D eigenvalue weighted by Gasteiger charge is -2.28. The lowest BCUT2D eigenvalue weighted by Crippen LogP contribution is -2.29. The molecule has 1 fully saturated rings. The van der Waals surface area contributed by atoms with E-state index in [1.807, 2.05) is 36.5 Å². The van der Waals surface area contributed by atoms with Crippen LogP contribution in [0.25, 0.3) is 28.2 Å². The molecule has 0 N–H and O–H groups in total. The highest BCUT2D eigenvalue weighted by Gasteiger charge is 2.15. The maximum Gasteiger partial charge on any atom is 0.182 e. The molecule has 0 unspecified atom stereocenters. The first-order valence-electron chi connectivity index (χ1n) is 10.4. The third-order valence-corrected chi connectivity index (χ3v) is 6.83. The molecule has 1 saturated heterocycles. The number of nitrogens with zero attached hydrogens (tertiary/aromatic N) is 4. The number of aromatic nitrogens is 3. The van der Waals surface area contributed by atoms with E-state index in [-0.39, 0.29) is 0 Å². The summed E-state index contributed by atoms with van der Waals surface area (Å²) in [5.74, 6) is 0.624. The summed E-state index contributed by atoms with van der Waals surface area (Å²) in [4.78, 5) is 7.51. The fourth-order valence-electron chi connectivity index (χ4n) is 4.06. The SMILES string of the molecule is CS(=O)(=O)c1ccc(-c2cccn3nc(-c4[c]ccc(N5CCCCC5)c4)nc23)cc1. The average molecular weight is 432 g/mol. The maximum atomic E-state index is 11.8. The van der Waals surface area contributed by atoms with E-state index in [1.54, 1.807) is 16.6 Å². The highest BCUT2D eigenvalue weighted by molar-refractivity contribution is 7.90. The Kier molecular flexibility index (Phi) is 4.98. The Bertz CT molecular complexity index is 1340. The van der Waals surface area contributed by atoms with Gasteiger partial charge in [-0.05, 0) is 67.3 Å². The molecule has 31 heavy (non-hydrogen) atoms. The van der Waals surface area contributed by atoms with Crippen LogP contribution in [0.4, 0.5) is 5.69 Å². The Morgan fingerprint density at radius 2 is 1.77 bits per heavy atom. The molecule has 1 radical (unpaired) electrons. The molecule has 0 atom stereocenters. The van der Waals surface area contributed by atoms with Crippen LogP contribution < -0.4 is 4.90 Å². The van der Waals surface area contributed by atoms with Crippen LogP contribution in [0, 0.1) is 6.07 Å². The molecule has 6 nitrogen and oxygen atoms in total. The van der Waals surface area contributed by atoms with E-state index in [9.17, 15) is 8.42 Å². The largest absolute Gasteiger partial charge is 0.372 e. The first kappa shape index (κ1) is 19.8. The van der Waals surface area contributed by atoms with Crippen LogP contribution in [0.15, 0.2) is 65.7 Å². The molecule has 1 aliphatic rings. The van der Waals surface area contributed by atoms with E-state index >= 15 is 0 Å². The van der Waals surface area contributed by atoms with E-state index in [0.717, 1.165) is 35.4 Å². The number of benzene rings is 2. The number of hydrogen-bond donors (Lipinski definition) is 0. The van der Waals surface area contributed by atoms with Crippen molar-refractivity contribution in [2.75, 3.05) is 24.2 Å². The first-order valence-corrected chi connectivity index (χ1v) is 12.3. The first-order chi connectivity index (χ1) is 15.0. The summed E-state index contributed by atoms with van der Waals surface area (Å²) >= 11 is 0. The number of sulfone groups is 1. The van der Waals surface area contributed by atoms with Crippen LogP contribution in [-0.4, -0.2) is 42.4 Å². The molecule has 5 rings (SSSR count). The van der Waals surface area contributed by atoms with Crippen LogP contribution in [0.5, 0.6) is 0 Å². The van der Waals surface area contributed by atoms with Crippen LogP contribution >= 0.6 is 0 Å². The molecule has 0 bridgehead atoms. The summed E-state index contributed by atoms with van der Waals surface area (Å²) < 4.78 is 25.3. The van der Waals surface area contributed by atoms with Gasteiger partial charge in [-0.15, -0.1) is 5.10 Å². The third kappa shape index (κ3) is 3.93. The van der Waals surface area contributed by atoms with Crippen molar-refractivity contribution in [3.05, 3.63) is 66.9 Å². The molecule has 1 aliphatic heterocycles. The van der Waals surface area contributed by atoms with E-state index in [0.29, 0.717) is 10.7 Å². The normalized spacial score (nSPS) is 14.8. The zero-order valence-electron chi connectivity index (χ0n) is 17.3. The minimum Gasteiger partial charge on any atom is -0.372 e. The van der Waals surface area contributed by atoms with Gasteiger partial charge in [0.15, 0.2) is 21.3 Å². The second-order valence-corrected chi connectivity index (χ2v) is 9.95. The van der Waals surface area contributed by atoms with Crippen molar-refractivity contribution < 1.29 is 8.42 Å². The molecule has 7 heteroatoms. The van der Waals surface area contributed by atoms with Crippen LogP contribution in [-0.2, 0) is 9.84 Å². The Balaban J connectivity index is 1.53. The number of hydrogen-bond acceptors (Lipinski definition) is 5. The van der Waals surface area contributed by atoms with E-state index in [4.69, 9.17) is 4.98 Å². The van der Waals surface area contributed by atoms with Crippen LogP contribution in [0.3, 0.4) is 0 Å². The summed E-state index contributed by atoms with van der Waals surface area (Å²) in [5, 5.41) is 4.67. The van der Waals surface area contributed by atoms with Gasteiger partial charge in [-0.25, -0.2) is 17.9 Å². The molecule has 0 aliphatic carbocycles. The number of rotatable bonds is 4. The number of pyridine rings is 1. The number of piperidine rings is 1. The predicted molar refractivity (Wildman–Crippen MR) is 122 cm³/mol. The Morgan fingerprint density at radius 3 is 2.52 bits per heavy atom. The van der Waals surface area contributed by atoms with Crippen molar-refractivity contribution in [3.63, 3.8) is 0 Å². The Hall–Kier alpha value is -3.19. The van der Waals surface area contributed by atoms with Gasteiger partial charge in [-0.1, -0.05) is 18.2 Å². The minimum atomic E-state index is -3.23. The highest BCUT2D eigenvalue weighted by Crippen LogP contribution is 2.28. The van der Waals surface area contributed by atoms with Crippen LogP contribution in [0.1, 0.15) is 19.3 Å². The maximum absolute atomic E-state index is 11.8. The Labute approximate surface area is 182 Å². The average Bonchev–Trinajstić information content (AvgIpc) is 3.24. The third-order valence-electron chi connectivity index (χ3n) is 5.70. The summed E-state index contributed by atoms with van der Waals surface area (Å²) in [6.45, 7) is 2.16. The molecule has 0 saturated carbocycles. The van der Waals surface area contributed by atoms with E-state index in [1.165, 1.54) is 31.2 Å². The summed E-state index contributed by atoms with van der Waals surface area (Å²) in [5.41, 5.74) is 4.56. The van der Waals surface area contributed by atoms with Gasteiger partial charge in [0.05, 0.1) is 4.90 Å². The molecule has 4 aromatic rings. The monoisotopic (exact) mass is 431 g/mol. The smallest absolute Gasteiger partial charge is 0.182 e. The quantitative estimate of drug-likeness (QED) is 0.483. The van der Waals surface area contributed by atoms with Gasteiger partial charge in [0.25, 0.3) is 0 Å². The topological polar surface area (TPSA) is 67.6 Å². The second kappa shape index (κ2) is 7.81. The molecule has 157 valence electrons. The molecule has 2 aromatic carbocycles. The van der Waals surface area contributed by atoms with Gasteiger partial charge in [0.1, 0.15) is 0 Å². The number of anilines is 1. The molecule has 0 spiro atoms. The summed E-state index contributed by atoms with van der Waals surface area (Å²) in [6, 6.07) is 20.2. The van der Waals surface area contributed by atoms with Gasteiger partial charge in [-0.3, -0.25) is 0 Å². The van der Waals surface area contributed by atoms with Gasteiger partial charge in [-0.2, -0.15) is 0 Å². The van der Waals surface area contributed by atoms with Gasteiger partial charge >= 0.3 is 0 Å². The van der Waals surface area contributed by atoms with Gasteiger partial charge < -0.3 is 4.90 Å². The van der Waals surface area contributed by atoms with Crippen molar-refractivity contribution >= 4 is 21.2 Å². The van der Waals surface area contributed by atoms with E-state index in [2.05, 4.69) is 28.2 Å². The highest BCUT2D eigenvalue weighted by atomic mass is 32.2. The second-order valence-electron chi connectivity index (χ2n) is 7.93. The summed E-state index contributed by atoms with van der Waals surface area (Å²) in [7, 11) is -3.23. The zero-order valence-corrected chi connectivity index (χ0v) is 18.1.